The molecule has 11 heteroatoms. The lowest BCUT2D eigenvalue weighted by Gasteiger charge is -2.34. The molecule has 3 heterocycles. The number of piperazine rings is 1. The van der Waals surface area contributed by atoms with Gasteiger partial charge in [0, 0.05) is 26.2 Å². The normalized spacial score (nSPS) is 13.9. The second-order valence-electron chi connectivity index (χ2n) is 8.13. The van der Waals surface area contributed by atoms with Crippen LogP contribution in [0.2, 0.25) is 0 Å². The van der Waals surface area contributed by atoms with E-state index in [1.54, 1.807) is 29.2 Å². The van der Waals surface area contributed by atoms with Gasteiger partial charge in [0.2, 0.25) is 5.76 Å². The Bertz CT molecular complexity index is 1530. The van der Waals surface area contributed by atoms with E-state index in [9.17, 15) is 23.6 Å². The molecule has 1 aliphatic heterocycles. The van der Waals surface area contributed by atoms with Crippen LogP contribution in [0.5, 0.6) is 0 Å². The number of oxazole rings is 1. The Hall–Kier alpha value is -4.54. The number of carbonyl (C=O) groups is 2. The van der Waals surface area contributed by atoms with E-state index in [1.165, 1.54) is 40.3 Å². The Balaban J connectivity index is 1.36. The first-order valence-corrected chi connectivity index (χ1v) is 10.9. The van der Waals surface area contributed by atoms with Gasteiger partial charge in [-0.15, -0.1) is 0 Å². The summed E-state index contributed by atoms with van der Waals surface area (Å²) in [5.74, 6) is -1.39. The number of H-pyrrole nitrogens is 1. The molecule has 0 bridgehead atoms. The minimum absolute atomic E-state index is 0.0378. The summed E-state index contributed by atoms with van der Waals surface area (Å²) in [6.45, 7) is 1.03. The Morgan fingerprint density at radius 1 is 1.00 bits per heavy atom. The predicted octanol–water partition coefficient (Wildman–Crippen LogP) is 1.46. The maximum atomic E-state index is 14.6. The van der Waals surface area contributed by atoms with Crippen molar-refractivity contribution in [2.45, 2.75) is 6.54 Å². The number of aromatic nitrogens is 3. The molecule has 0 spiro atoms. The molecule has 35 heavy (non-hydrogen) atoms. The third-order valence-corrected chi connectivity index (χ3v) is 6.00. The number of hydrogen-bond acceptors (Lipinski definition) is 6. The molecule has 4 aromatic rings. The number of benzene rings is 2. The lowest BCUT2D eigenvalue weighted by molar-refractivity contribution is 0.0515. The second-order valence-corrected chi connectivity index (χ2v) is 8.13. The molecule has 2 aromatic heterocycles. The van der Waals surface area contributed by atoms with Crippen molar-refractivity contribution in [2.24, 2.45) is 0 Å². The number of carbonyl (C=O) groups excluding carboxylic acids is 2. The Morgan fingerprint density at radius 3 is 2.43 bits per heavy atom. The molecule has 0 unspecified atom stereocenters. The number of amides is 2. The number of halogens is 1. The number of nitrogens with one attached hydrogen (secondary N) is 1. The van der Waals surface area contributed by atoms with Crippen molar-refractivity contribution in [1.29, 1.82) is 0 Å². The van der Waals surface area contributed by atoms with Gasteiger partial charge in [0.25, 0.3) is 17.4 Å². The molecule has 0 radical (unpaired) electrons. The smallest absolute Gasteiger partial charge is 0.329 e. The molecule has 0 atom stereocenters. The fourth-order valence-electron chi connectivity index (χ4n) is 4.18. The van der Waals surface area contributed by atoms with Crippen LogP contribution < -0.4 is 11.2 Å². The van der Waals surface area contributed by atoms with Crippen LogP contribution >= 0.6 is 0 Å². The van der Waals surface area contributed by atoms with Crippen LogP contribution in [0.1, 0.15) is 26.5 Å². The van der Waals surface area contributed by atoms with E-state index >= 15 is 0 Å². The highest BCUT2D eigenvalue weighted by molar-refractivity contribution is 5.95. The van der Waals surface area contributed by atoms with Gasteiger partial charge < -0.3 is 14.2 Å². The van der Waals surface area contributed by atoms with E-state index in [0.29, 0.717) is 16.5 Å². The quantitative estimate of drug-likeness (QED) is 0.475. The van der Waals surface area contributed by atoms with E-state index in [4.69, 9.17) is 4.42 Å². The number of aromatic amines is 1. The molecule has 1 N–H and O–H groups in total. The van der Waals surface area contributed by atoms with Crippen LogP contribution in [0.25, 0.3) is 10.9 Å². The average Bonchev–Trinajstić information content (AvgIpc) is 3.42. The highest BCUT2D eigenvalue weighted by Crippen LogP contribution is 2.17. The second kappa shape index (κ2) is 9.01. The van der Waals surface area contributed by atoms with E-state index in [-0.39, 0.29) is 50.0 Å². The van der Waals surface area contributed by atoms with Crippen molar-refractivity contribution < 1.29 is 18.4 Å². The molecular formula is C24H20FN5O5. The zero-order valence-corrected chi connectivity index (χ0v) is 18.4. The van der Waals surface area contributed by atoms with Crippen LogP contribution in [-0.2, 0) is 6.54 Å². The fraction of sp³-hybridized carbons (Fsp3) is 0.208. The zero-order valence-electron chi connectivity index (χ0n) is 18.4. The maximum Gasteiger partial charge on any atom is 0.329 e. The predicted molar refractivity (Wildman–Crippen MR) is 123 cm³/mol. The highest BCUT2D eigenvalue weighted by atomic mass is 19.1. The first kappa shape index (κ1) is 22.3. The van der Waals surface area contributed by atoms with Crippen molar-refractivity contribution in [2.75, 3.05) is 26.2 Å². The van der Waals surface area contributed by atoms with Gasteiger partial charge in [-0.25, -0.2) is 14.2 Å². The van der Waals surface area contributed by atoms with Gasteiger partial charge in [-0.2, -0.15) is 0 Å². The van der Waals surface area contributed by atoms with Crippen LogP contribution in [0, 0.1) is 5.82 Å². The molecule has 178 valence electrons. The molecule has 0 saturated carbocycles. The highest BCUT2D eigenvalue weighted by Gasteiger charge is 2.28. The van der Waals surface area contributed by atoms with Crippen molar-refractivity contribution >= 4 is 22.7 Å². The van der Waals surface area contributed by atoms with Gasteiger partial charge in [0.15, 0.2) is 6.39 Å². The van der Waals surface area contributed by atoms with Crippen LogP contribution in [0.15, 0.2) is 69.1 Å². The summed E-state index contributed by atoms with van der Waals surface area (Å²) in [7, 11) is 0. The maximum absolute atomic E-state index is 14.6. The van der Waals surface area contributed by atoms with Crippen LogP contribution in [-0.4, -0.2) is 62.3 Å². The van der Waals surface area contributed by atoms with Gasteiger partial charge in [-0.05, 0) is 29.8 Å². The van der Waals surface area contributed by atoms with Crippen LogP contribution in [0.4, 0.5) is 4.39 Å². The minimum Gasteiger partial charge on any atom is -0.438 e. The van der Waals surface area contributed by atoms with Crippen LogP contribution in [0.3, 0.4) is 0 Å². The molecule has 2 aromatic carbocycles. The number of hydrogen-bond donors (Lipinski definition) is 1. The Kier molecular flexibility index (Phi) is 5.73. The van der Waals surface area contributed by atoms with E-state index in [1.807, 2.05) is 0 Å². The number of fused-ring (bicyclic) bond motifs is 1. The van der Waals surface area contributed by atoms with Gasteiger partial charge in [0.1, 0.15) is 5.82 Å². The zero-order chi connectivity index (χ0) is 24.5. The number of rotatable bonds is 4. The summed E-state index contributed by atoms with van der Waals surface area (Å²) in [5, 5.41) is 0.350. The first-order valence-electron chi connectivity index (χ1n) is 10.9. The third-order valence-electron chi connectivity index (χ3n) is 6.00. The third kappa shape index (κ3) is 4.23. The SMILES string of the molecule is O=C(c1cnco1)N1CCN(C(=O)c2cc(Cn3c(=O)[nH]c(=O)c4ccccc43)ccc2F)CC1. The number of para-hydroxylation sites is 1. The number of nitrogens with zero attached hydrogens (tertiary/aromatic N) is 4. The summed E-state index contributed by atoms with van der Waals surface area (Å²) >= 11 is 0. The molecule has 1 fully saturated rings. The standard InChI is InChI=1S/C24H20FN5O5/c25-18-6-5-15(13-30-19-4-2-1-3-16(19)21(31)27-24(30)34)11-17(18)22(32)28-7-9-29(10-8-28)23(33)20-12-26-14-35-20/h1-6,11-12,14H,7-10,13H2,(H,27,31,34). The molecule has 0 aliphatic carbocycles. The molecule has 2 amide bonds. The topological polar surface area (TPSA) is 122 Å². The molecular weight excluding hydrogens is 457 g/mol. The first-order chi connectivity index (χ1) is 16.9. The van der Waals surface area contributed by atoms with Gasteiger partial charge in [0.05, 0.1) is 29.2 Å². The van der Waals surface area contributed by atoms with E-state index < -0.39 is 23.0 Å². The summed E-state index contributed by atoms with van der Waals surface area (Å²) in [6.07, 6.45) is 2.50. The van der Waals surface area contributed by atoms with Crippen molar-refractivity contribution in [3.05, 3.63) is 98.6 Å². The van der Waals surface area contributed by atoms with Crippen molar-refractivity contribution in [1.82, 2.24) is 24.3 Å². The summed E-state index contributed by atoms with van der Waals surface area (Å²) in [5.41, 5.74) is -0.255. The van der Waals surface area contributed by atoms with Gasteiger partial charge in [-0.3, -0.25) is 23.9 Å². The minimum atomic E-state index is -0.683. The van der Waals surface area contributed by atoms with E-state index in [0.717, 1.165) is 0 Å². The Morgan fingerprint density at radius 2 is 1.71 bits per heavy atom. The monoisotopic (exact) mass is 477 g/mol. The largest absolute Gasteiger partial charge is 0.438 e. The fourth-order valence-corrected chi connectivity index (χ4v) is 4.18. The molecule has 1 saturated heterocycles. The lowest BCUT2D eigenvalue weighted by Crippen LogP contribution is -2.50. The molecule has 1 aliphatic rings. The Labute approximate surface area is 197 Å². The summed E-state index contributed by atoms with van der Waals surface area (Å²) in [6, 6.07) is 10.8. The van der Waals surface area contributed by atoms with Gasteiger partial charge >= 0.3 is 5.69 Å². The summed E-state index contributed by atoms with van der Waals surface area (Å²) in [4.78, 5) is 59.1. The van der Waals surface area contributed by atoms with Crippen molar-refractivity contribution in [3.63, 3.8) is 0 Å². The average molecular weight is 477 g/mol. The molecule has 10 nitrogen and oxygen atoms in total. The summed E-state index contributed by atoms with van der Waals surface area (Å²) < 4.78 is 21.0. The van der Waals surface area contributed by atoms with Crippen molar-refractivity contribution in [3.8, 4) is 0 Å². The van der Waals surface area contributed by atoms with Gasteiger partial charge in [-0.1, -0.05) is 18.2 Å². The van der Waals surface area contributed by atoms with E-state index in [2.05, 4.69) is 9.97 Å². The lowest BCUT2D eigenvalue weighted by atomic mass is 10.1. The molecule has 5 rings (SSSR count).